The molecule has 1 heterocycles. The summed E-state index contributed by atoms with van der Waals surface area (Å²) < 4.78 is 0. The zero-order valence-corrected chi connectivity index (χ0v) is 8.99. The van der Waals surface area contributed by atoms with E-state index in [1.54, 1.807) is 4.88 Å². The summed E-state index contributed by atoms with van der Waals surface area (Å²) in [5.74, 6) is 0. The highest BCUT2D eigenvalue weighted by atomic mass is 32.1. The third-order valence-electron chi connectivity index (χ3n) is 2.86. The summed E-state index contributed by atoms with van der Waals surface area (Å²) in [7, 11) is 0. The first-order valence-electron chi connectivity index (χ1n) is 5.12. The summed E-state index contributed by atoms with van der Waals surface area (Å²) in [4.78, 5) is 1.55. The summed E-state index contributed by atoms with van der Waals surface area (Å²) in [6.45, 7) is 3.36. The van der Waals surface area contributed by atoms with Crippen LogP contribution in [0.25, 0.3) is 0 Å². The quantitative estimate of drug-likeness (QED) is 0.779. The molecule has 0 aromatic carbocycles. The van der Waals surface area contributed by atoms with E-state index in [1.165, 1.54) is 31.2 Å². The average Bonchev–Trinajstić information content (AvgIpc) is 2.42. The second-order valence-corrected chi connectivity index (χ2v) is 4.86. The van der Waals surface area contributed by atoms with Crippen LogP contribution in [0.4, 0.5) is 0 Å². The molecular weight excluding hydrogens is 178 g/mol. The molecule has 0 bridgehead atoms. The van der Waals surface area contributed by atoms with E-state index in [2.05, 4.69) is 23.7 Å². The SMILES string of the molecule is Cc1ccsc1CCNC1CCC1. The van der Waals surface area contributed by atoms with Crippen molar-refractivity contribution in [1.29, 1.82) is 0 Å². The third-order valence-corrected chi connectivity index (χ3v) is 3.94. The van der Waals surface area contributed by atoms with E-state index in [1.807, 2.05) is 11.3 Å². The van der Waals surface area contributed by atoms with E-state index in [4.69, 9.17) is 0 Å². The van der Waals surface area contributed by atoms with Gasteiger partial charge in [0.1, 0.15) is 0 Å². The van der Waals surface area contributed by atoms with Crippen molar-refractivity contribution in [3.05, 3.63) is 21.9 Å². The van der Waals surface area contributed by atoms with Crippen LogP contribution in [0.5, 0.6) is 0 Å². The largest absolute Gasteiger partial charge is 0.314 e. The van der Waals surface area contributed by atoms with E-state index in [9.17, 15) is 0 Å². The molecule has 1 N–H and O–H groups in total. The van der Waals surface area contributed by atoms with Crippen LogP contribution in [0.3, 0.4) is 0 Å². The van der Waals surface area contributed by atoms with Gasteiger partial charge in [0.2, 0.25) is 0 Å². The molecule has 0 atom stereocenters. The van der Waals surface area contributed by atoms with E-state index < -0.39 is 0 Å². The van der Waals surface area contributed by atoms with Crippen molar-refractivity contribution in [2.75, 3.05) is 6.54 Å². The van der Waals surface area contributed by atoms with Gasteiger partial charge in [-0.3, -0.25) is 0 Å². The second-order valence-electron chi connectivity index (χ2n) is 3.86. The molecule has 1 aliphatic rings. The predicted molar refractivity (Wildman–Crippen MR) is 58.4 cm³/mol. The maximum Gasteiger partial charge on any atom is 0.00870 e. The Kier molecular flexibility index (Phi) is 3.01. The van der Waals surface area contributed by atoms with Gasteiger partial charge in [-0.1, -0.05) is 6.42 Å². The van der Waals surface area contributed by atoms with Crippen LogP contribution in [0, 0.1) is 6.92 Å². The number of aryl methyl sites for hydroxylation is 1. The number of hydrogen-bond donors (Lipinski definition) is 1. The van der Waals surface area contributed by atoms with E-state index in [0.717, 1.165) is 12.6 Å². The van der Waals surface area contributed by atoms with Crippen LogP contribution in [0.15, 0.2) is 11.4 Å². The lowest BCUT2D eigenvalue weighted by atomic mass is 9.93. The number of nitrogens with one attached hydrogen (secondary N) is 1. The molecule has 0 spiro atoms. The zero-order chi connectivity index (χ0) is 9.10. The highest BCUT2D eigenvalue weighted by Gasteiger charge is 2.15. The maximum absolute atomic E-state index is 3.59. The van der Waals surface area contributed by atoms with Crippen molar-refractivity contribution >= 4 is 11.3 Å². The van der Waals surface area contributed by atoms with Gasteiger partial charge in [-0.05, 0) is 43.2 Å². The minimum atomic E-state index is 0.834. The summed E-state index contributed by atoms with van der Waals surface area (Å²) in [6, 6.07) is 3.05. The van der Waals surface area contributed by atoms with Gasteiger partial charge in [0, 0.05) is 17.5 Å². The Morgan fingerprint density at radius 1 is 1.54 bits per heavy atom. The predicted octanol–water partition coefficient (Wildman–Crippen LogP) is 2.74. The average molecular weight is 195 g/mol. The molecule has 0 amide bonds. The van der Waals surface area contributed by atoms with Crippen molar-refractivity contribution in [2.24, 2.45) is 0 Å². The van der Waals surface area contributed by atoms with Crippen molar-refractivity contribution < 1.29 is 0 Å². The van der Waals surface area contributed by atoms with Gasteiger partial charge in [0.25, 0.3) is 0 Å². The van der Waals surface area contributed by atoms with Crippen molar-refractivity contribution in [2.45, 2.75) is 38.6 Å². The molecule has 0 aliphatic heterocycles. The van der Waals surface area contributed by atoms with Crippen molar-refractivity contribution in [3.63, 3.8) is 0 Å². The third kappa shape index (κ3) is 2.32. The van der Waals surface area contributed by atoms with Gasteiger partial charge in [0.15, 0.2) is 0 Å². The highest BCUT2D eigenvalue weighted by molar-refractivity contribution is 7.10. The number of rotatable bonds is 4. The van der Waals surface area contributed by atoms with Crippen LogP contribution < -0.4 is 5.32 Å². The number of thiophene rings is 1. The molecule has 0 radical (unpaired) electrons. The van der Waals surface area contributed by atoms with Gasteiger partial charge in [0.05, 0.1) is 0 Å². The van der Waals surface area contributed by atoms with Gasteiger partial charge >= 0.3 is 0 Å². The smallest absolute Gasteiger partial charge is 0.00870 e. The molecule has 2 rings (SSSR count). The topological polar surface area (TPSA) is 12.0 Å². The lowest BCUT2D eigenvalue weighted by molar-refractivity contribution is 0.342. The monoisotopic (exact) mass is 195 g/mol. The van der Waals surface area contributed by atoms with Gasteiger partial charge < -0.3 is 5.32 Å². The Morgan fingerprint density at radius 3 is 2.92 bits per heavy atom. The molecule has 1 nitrogen and oxygen atoms in total. The van der Waals surface area contributed by atoms with Crippen LogP contribution in [0.2, 0.25) is 0 Å². The van der Waals surface area contributed by atoms with Crippen LogP contribution in [-0.2, 0) is 6.42 Å². The highest BCUT2D eigenvalue weighted by Crippen LogP contribution is 2.19. The first-order valence-corrected chi connectivity index (χ1v) is 6.00. The molecule has 1 saturated carbocycles. The standard InChI is InChI=1S/C11H17NS/c1-9-6-8-13-11(9)5-7-12-10-3-2-4-10/h6,8,10,12H,2-5,7H2,1H3. The first-order chi connectivity index (χ1) is 6.36. The lowest BCUT2D eigenvalue weighted by Crippen LogP contribution is -2.36. The molecule has 72 valence electrons. The second kappa shape index (κ2) is 4.25. The molecule has 2 heteroatoms. The zero-order valence-electron chi connectivity index (χ0n) is 8.18. The molecule has 13 heavy (non-hydrogen) atoms. The molecule has 1 fully saturated rings. The molecule has 1 aromatic heterocycles. The normalized spacial score (nSPS) is 17.3. The Bertz CT molecular complexity index is 263. The maximum atomic E-state index is 3.59. The molecular formula is C11H17NS. The minimum Gasteiger partial charge on any atom is -0.314 e. The van der Waals surface area contributed by atoms with Crippen LogP contribution in [-0.4, -0.2) is 12.6 Å². The number of hydrogen-bond acceptors (Lipinski definition) is 2. The lowest BCUT2D eigenvalue weighted by Gasteiger charge is -2.26. The Hall–Kier alpha value is -0.340. The molecule has 1 aliphatic carbocycles. The summed E-state index contributed by atoms with van der Waals surface area (Å²) >= 11 is 1.89. The Morgan fingerprint density at radius 2 is 2.38 bits per heavy atom. The first kappa shape index (κ1) is 9.22. The van der Waals surface area contributed by atoms with Gasteiger partial charge in [-0.15, -0.1) is 11.3 Å². The molecule has 0 unspecified atom stereocenters. The van der Waals surface area contributed by atoms with E-state index in [-0.39, 0.29) is 0 Å². The van der Waals surface area contributed by atoms with E-state index in [0.29, 0.717) is 0 Å². The summed E-state index contributed by atoms with van der Waals surface area (Å²) in [5.41, 5.74) is 1.46. The Labute approximate surface area is 84.2 Å². The minimum absolute atomic E-state index is 0.834. The fraction of sp³-hybridized carbons (Fsp3) is 0.636. The Balaban J connectivity index is 1.70. The molecule has 1 aromatic rings. The van der Waals surface area contributed by atoms with Crippen LogP contribution in [0.1, 0.15) is 29.7 Å². The van der Waals surface area contributed by atoms with Crippen molar-refractivity contribution in [1.82, 2.24) is 5.32 Å². The van der Waals surface area contributed by atoms with Crippen LogP contribution >= 0.6 is 11.3 Å². The fourth-order valence-corrected chi connectivity index (χ4v) is 2.57. The summed E-state index contributed by atoms with van der Waals surface area (Å²) in [5, 5.41) is 5.78. The summed E-state index contributed by atoms with van der Waals surface area (Å²) in [6.07, 6.45) is 5.42. The fourth-order valence-electron chi connectivity index (χ4n) is 1.66. The van der Waals surface area contributed by atoms with Gasteiger partial charge in [-0.25, -0.2) is 0 Å². The van der Waals surface area contributed by atoms with Crippen molar-refractivity contribution in [3.8, 4) is 0 Å². The van der Waals surface area contributed by atoms with E-state index >= 15 is 0 Å². The molecule has 0 saturated heterocycles. The van der Waals surface area contributed by atoms with Gasteiger partial charge in [-0.2, -0.15) is 0 Å².